The van der Waals surface area contributed by atoms with Crippen molar-refractivity contribution in [3.63, 3.8) is 0 Å². The highest BCUT2D eigenvalue weighted by molar-refractivity contribution is 6.65. The van der Waals surface area contributed by atoms with Gasteiger partial charge in [0, 0.05) is 20.3 Å². The summed E-state index contributed by atoms with van der Waals surface area (Å²) in [6.45, 7) is 5.95. The summed E-state index contributed by atoms with van der Waals surface area (Å²) in [5.74, 6) is 0. The van der Waals surface area contributed by atoms with Crippen LogP contribution in [0.4, 0.5) is 4.79 Å². The third-order valence-corrected chi connectivity index (χ3v) is 5.78. The number of carbonyl (C=O) groups is 1. The maximum absolute atomic E-state index is 10.7. The van der Waals surface area contributed by atoms with Gasteiger partial charge in [-0.1, -0.05) is 0 Å². The maximum atomic E-state index is 10.7. The van der Waals surface area contributed by atoms with E-state index >= 15 is 0 Å². The predicted octanol–water partition coefficient (Wildman–Crippen LogP) is 1.68. The maximum Gasteiger partial charge on any atom is 0.508 e. The van der Waals surface area contributed by atoms with Crippen molar-refractivity contribution in [3.05, 3.63) is 0 Å². The van der Waals surface area contributed by atoms with Crippen LogP contribution in [-0.4, -0.2) is 54.4 Å². The van der Waals surface area contributed by atoms with Crippen LogP contribution >= 0.6 is 0 Å². The summed E-state index contributed by atoms with van der Waals surface area (Å²) in [5.41, 5.74) is 0. The summed E-state index contributed by atoms with van der Waals surface area (Å²) in [6.07, 6.45) is -0.00675. The number of rotatable bonds is 9. The van der Waals surface area contributed by atoms with Gasteiger partial charge < -0.3 is 23.1 Å². The lowest BCUT2D eigenvalue weighted by Gasteiger charge is -2.24. The van der Waals surface area contributed by atoms with Crippen LogP contribution in [-0.2, 0) is 23.1 Å². The van der Waals surface area contributed by atoms with Crippen LogP contribution in [0.1, 0.15) is 13.3 Å². The second kappa shape index (κ2) is 7.73. The SMILES string of the molecule is CCO[Si](C)(CCCOCC1COC(=O)O1)OC. The van der Waals surface area contributed by atoms with Crippen molar-refractivity contribution >= 4 is 14.7 Å². The zero-order valence-corrected chi connectivity index (χ0v) is 12.3. The molecule has 6 nitrogen and oxygen atoms in total. The minimum atomic E-state index is -2.01. The molecule has 106 valence electrons. The summed E-state index contributed by atoms with van der Waals surface area (Å²) in [4.78, 5) is 10.7. The first kappa shape index (κ1) is 15.4. The standard InChI is InChI=1S/C11H22O6Si/c1-4-16-18(3,13-2)7-5-6-14-8-10-9-15-11(12)17-10/h10H,4-9H2,1-3H3. The van der Waals surface area contributed by atoms with E-state index < -0.39 is 14.7 Å². The molecular weight excluding hydrogens is 256 g/mol. The Kier molecular flexibility index (Phi) is 6.62. The average Bonchev–Trinajstić information content (AvgIpc) is 2.75. The predicted molar refractivity (Wildman–Crippen MR) is 66.7 cm³/mol. The molecule has 1 saturated heterocycles. The molecule has 0 saturated carbocycles. The van der Waals surface area contributed by atoms with E-state index in [9.17, 15) is 4.79 Å². The Morgan fingerprint density at radius 2 is 2.28 bits per heavy atom. The summed E-state index contributed by atoms with van der Waals surface area (Å²) < 4.78 is 26.0. The quantitative estimate of drug-likeness (QED) is 0.363. The van der Waals surface area contributed by atoms with Gasteiger partial charge in [-0.05, 0) is 25.9 Å². The van der Waals surface area contributed by atoms with Crippen LogP contribution < -0.4 is 0 Å². The van der Waals surface area contributed by atoms with Crippen molar-refractivity contribution < 1.29 is 27.9 Å². The van der Waals surface area contributed by atoms with E-state index in [-0.39, 0.29) is 12.7 Å². The summed E-state index contributed by atoms with van der Waals surface area (Å²) in [6, 6.07) is 0.887. The van der Waals surface area contributed by atoms with Crippen molar-refractivity contribution in [2.75, 3.05) is 33.5 Å². The number of cyclic esters (lactones) is 2. The fourth-order valence-corrected chi connectivity index (χ4v) is 3.56. The zero-order valence-electron chi connectivity index (χ0n) is 11.3. The summed E-state index contributed by atoms with van der Waals surface area (Å²) in [7, 11) is -0.313. The molecule has 0 spiro atoms. The first-order valence-corrected chi connectivity index (χ1v) is 8.72. The molecule has 7 heteroatoms. The van der Waals surface area contributed by atoms with Gasteiger partial charge in [0.05, 0.1) is 6.61 Å². The van der Waals surface area contributed by atoms with Crippen molar-refractivity contribution in [1.29, 1.82) is 0 Å². The number of carbonyl (C=O) groups excluding carboxylic acids is 1. The Labute approximate surface area is 109 Å². The molecule has 0 bridgehead atoms. The Morgan fingerprint density at radius 1 is 1.50 bits per heavy atom. The monoisotopic (exact) mass is 278 g/mol. The fourth-order valence-electron chi connectivity index (χ4n) is 1.70. The minimum Gasteiger partial charge on any atom is -0.430 e. The van der Waals surface area contributed by atoms with Crippen molar-refractivity contribution in [1.82, 2.24) is 0 Å². The first-order chi connectivity index (χ1) is 8.59. The molecule has 0 radical (unpaired) electrons. The molecule has 0 amide bonds. The Hall–Kier alpha value is -0.633. The molecular formula is C11H22O6Si. The lowest BCUT2D eigenvalue weighted by molar-refractivity contribution is 0.0454. The number of ether oxygens (including phenoxy) is 3. The number of hydrogen-bond donors (Lipinski definition) is 0. The van der Waals surface area contributed by atoms with Crippen molar-refractivity contribution in [2.45, 2.75) is 32.0 Å². The second-order valence-electron chi connectivity index (χ2n) is 4.25. The normalized spacial score (nSPS) is 22.4. The summed E-state index contributed by atoms with van der Waals surface area (Å²) in [5, 5.41) is 0. The topological polar surface area (TPSA) is 63.2 Å². The number of hydrogen-bond acceptors (Lipinski definition) is 6. The van der Waals surface area contributed by atoms with E-state index in [1.807, 2.05) is 13.5 Å². The van der Waals surface area contributed by atoms with Crippen molar-refractivity contribution in [2.24, 2.45) is 0 Å². The lowest BCUT2D eigenvalue weighted by atomic mass is 10.4. The van der Waals surface area contributed by atoms with Gasteiger partial charge in [0.1, 0.15) is 6.61 Å². The Morgan fingerprint density at radius 3 is 2.83 bits per heavy atom. The zero-order chi connectivity index (χ0) is 13.4. The largest absolute Gasteiger partial charge is 0.508 e. The van der Waals surface area contributed by atoms with Gasteiger partial charge in [-0.2, -0.15) is 0 Å². The Bertz CT molecular complexity index is 262. The van der Waals surface area contributed by atoms with E-state index in [0.717, 1.165) is 12.5 Å². The third-order valence-electron chi connectivity index (χ3n) is 2.75. The molecule has 18 heavy (non-hydrogen) atoms. The first-order valence-electron chi connectivity index (χ1n) is 6.20. The van der Waals surface area contributed by atoms with E-state index in [1.165, 1.54) is 0 Å². The molecule has 1 aliphatic rings. The van der Waals surface area contributed by atoms with Gasteiger partial charge in [0.15, 0.2) is 6.10 Å². The van der Waals surface area contributed by atoms with Crippen molar-refractivity contribution in [3.8, 4) is 0 Å². The van der Waals surface area contributed by atoms with E-state index in [4.69, 9.17) is 18.3 Å². The van der Waals surface area contributed by atoms with Gasteiger partial charge in [-0.15, -0.1) is 0 Å². The molecule has 1 aliphatic heterocycles. The fraction of sp³-hybridized carbons (Fsp3) is 0.909. The molecule has 0 aliphatic carbocycles. The average molecular weight is 278 g/mol. The molecule has 0 aromatic carbocycles. The minimum absolute atomic E-state index is 0.268. The van der Waals surface area contributed by atoms with Crippen LogP contribution in [0.2, 0.25) is 12.6 Å². The molecule has 2 unspecified atom stereocenters. The van der Waals surface area contributed by atoms with Gasteiger partial charge >= 0.3 is 14.7 Å². The van der Waals surface area contributed by atoms with Gasteiger partial charge in [0.2, 0.25) is 0 Å². The molecule has 1 rings (SSSR count). The van der Waals surface area contributed by atoms with Crippen LogP contribution in [0.5, 0.6) is 0 Å². The van der Waals surface area contributed by atoms with E-state index in [1.54, 1.807) is 7.11 Å². The van der Waals surface area contributed by atoms with Gasteiger partial charge in [0.25, 0.3) is 0 Å². The van der Waals surface area contributed by atoms with Gasteiger partial charge in [-0.3, -0.25) is 0 Å². The molecule has 0 N–H and O–H groups in total. The molecule has 1 heterocycles. The van der Waals surface area contributed by atoms with Crippen LogP contribution in [0.3, 0.4) is 0 Å². The molecule has 1 fully saturated rings. The smallest absolute Gasteiger partial charge is 0.430 e. The van der Waals surface area contributed by atoms with E-state index in [2.05, 4.69) is 4.74 Å². The highest BCUT2D eigenvalue weighted by Gasteiger charge is 2.29. The highest BCUT2D eigenvalue weighted by atomic mass is 28.4. The Balaban J connectivity index is 2.05. The van der Waals surface area contributed by atoms with Crippen LogP contribution in [0, 0.1) is 0 Å². The molecule has 2 atom stereocenters. The lowest BCUT2D eigenvalue weighted by Crippen LogP contribution is -2.37. The third kappa shape index (κ3) is 5.34. The van der Waals surface area contributed by atoms with Gasteiger partial charge in [-0.25, -0.2) is 4.79 Å². The van der Waals surface area contributed by atoms with Crippen LogP contribution in [0.15, 0.2) is 0 Å². The highest BCUT2D eigenvalue weighted by Crippen LogP contribution is 2.15. The molecule has 0 aromatic heterocycles. The van der Waals surface area contributed by atoms with Crippen LogP contribution in [0.25, 0.3) is 0 Å². The van der Waals surface area contributed by atoms with E-state index in [0.29, 0.717) is 19.8 Å². The molecule has 0 aromatic rings. The second-order valence-corrected chi connectivity index (χ2v) is 7.71. The summed E-state index contributed by atoms with van der Waals surface area (Å²) >= 11 is 0.